The maximum absolute atomic E-state index is 14.7. The van der Waals surface area contributed by atoms with Gasteiger partial charge in [0.05, 0.1) is 5.02 Å². The lowest BCUT2D eigenvalue weighted by atomic mass is 9.94. The van der Waals surface area contributed by atoms with Crippen molar-refractivity contribution < 1.29 is 18.7 Å². The molecule has 5 nitrogen and oxygen atoms in total. The van der Waals surface area contributed by atoms with Crippen molar-refractivity contribution in [2.75, 3.05) is 6.61 Å². The van der Waals surface area contributed by atoms with Crippen LogP contribution in [-0.4, -0.2) is 35.4 Å². The molecule has 200 valence electrons. The summed E-state index contributed by atoms with van der Waals surface area (Å²) in [6.45, 7) is -0.420. The highest BCUT2D eigenvalue weighted by atomic mass is 79.9. The molecular formula is C30H31BrClFN2O3. The Morgan fingerprint density at radius 1 is 1.03 bits per heavy atom. The molecule has 0 aliphatic heterocycles. The minimum absolute atomic E-state index is 0.0674. The largest absolute Gasteiger partial charge is 0.482 e. The van der Waals surface area contributed by atoms with E-state index in [9.17, 15) is 14.0 Å². The maximum Gasteiger partial charge on any atom is 0.261 e. The van der Waals surface area contributed by atoms with Crippen molar-refractivity contribution in [3.05, 3.63) is 99.2 Å². The summed E-state index contributed by atoms with van der Waals surface area (Å²) in [5.74, 6) is -0.771. The number of carbonyl (C=O) groups excluding carboxylic acids is 2. The van der Waals surface area contributed by atoms with Crippen LogP contribution in [0.15, 0.2) is 77.3 Å². The van der Waals surface area contributed by atoms with Crippen LogP contribution < -0.4 is 10.1 Å². The second kappa shape index (κ2) is 13.8. The Balaban J connectivity index is 1.62. The molecule has 2 amide bonds. The first-order chi connectivity index (χ1) is 18.4. The Bertz CT molecular complexity index is 1240. The van der Waals surface area contributed by atoms with Gasteiger partial charge in [0.25, 0.3) is 5.91 Å². The predicted molar refractivity (Wildman–Crippen MR) is 151 cm³/mol. The number of hydrogen-bond acceptors (Lipinski definition) is 3. The van der Waals surface area contributed by atoms with E-state index >= 15 is 0 Å². The molecule has 0 bridgehead atoms. The molecule has 1 atom stereocenters. The minimum atomic E-state index is -0.851. The first kappa shape index (κ1) is 28.1. The van der Waals surface area contributed by atoms with Crippen molar-refractivity contribution >= 4 is 39.3 Å². The Morgan fingerprint density at radius 2 is 1.74 bits per heavy atom. The van der Waals surface area contributed by atoms with Gasteiger partial charge < -0.3 is 15.0 Å². The normalized spacial score (nSPS) is 14.5. The van der Waals surface area contributed by atoms with Crippen molar-refractivity contribution in [3.63, 3.8) is 0 Å². The van der Waals surface area contributed by atoms with Gasteiger partial charge in [-0.3, -0.25) is 9.59 Å². The van der Waals surface area contributed by atoms with Gasteiger partial charge in [-0.1, -0.05) is 95.3 Å². The lowest BCUT2D eigenvalue weighted by Crippen LogP contribution is -2.53. The van der Waals surface area contributed by atoms with Crippen molar-refractivity contribution in [1.82, 2.24) is 10.2 Å². The van der Waals surface area contributed by atoms with E-state index in [1.165, 1.54) is 11.0 Å². The highest BCUT2D eigenvalue weighted by Crippen LogP contribution is 2.28. The Labute approximate surface area is 236 Å². The lowest BCUT2D eigenvalue weighted by molar-refractivity contribution is -0.143. The molecule has 0 radical (unpaired) electrons. The van der Waals surface area contributed by atoms with E-state index in [-0.39, 0.29) is 25.1 Å². The Kier molecular flexibility index (Phi) is 10.2. The highest BCUT2D eigenvalue weighted by Gasteiger charge is 2.32. The summed E-state index contributed by atoms with van der Waals surface area (Å²) < 4.78 is 21.3. The van der Waals surface area contributed by atoms with Crippen LogP contribution in [0.4, 0.5) is 4.39 Å². The standard InChI is InChI=1S/C30H31BrClFN2O3/c31-23-15-16-28(25(32)18-23)38-20-29(36)35(19-22-11-7-8-14-26(22)33)27(17-21-9-3-1-4-10-21)30(37)34-24-12-5-2-6-13-24/h1,3-4,7-11,14-16,18,24,27H,2,5-6,12-13,17,19-20H2,(H,34,37)/t27-/m0/s1. The predicted octanol–water partition coefficient (Wildman–Crippen LogP) is 6.71. The molecular weight excluding hydrogens is 571 g/mol. The van der Waals surface area contributed by atoms with Crippen LogP contribution in [0.2, 0.25) is 5.02 Å². The molecule has 38 heavy (non-hydrogen) atoms. The second-order valence-corrected chi connectivity index (χ2v) is 10.8. The average Bonchev–Trinajstić information content (AvgIpc) is 2.92. The van der Waals surface area contributed by atoms with Gasteiger partial charge in [-0.05, 0) is 42.7 Å². The van der Waals surface area contributed by atoms with Gasteiger partial charge >= 0.3 is 0 Å². The lowest BCUT2D eigenvalue weighted by Gasteiger charge is -2.33. The molecule has 1 aliphatic carbocycles. The highest BCUT2D eigenvalue weighted by molar-refractivity contribution is 9.10. The summed E-state index contributed by atoms with van der Waals surface area (Å²) in [5.41, 5.74) is 1.23. The van der Waals surface area contributed by atoms with Crippen LogP contribution in [0.3, 0.4) is 0 Å². The zero-order valence-electron chi connectivity index (χ0n) is 21.0. The number of carbonyl (C=O) groups is 2. The summed E-state index contributed by atoms with van der Waals surface area (Å²) in [4.78, 5) is 28.8. The molecule has 0 spiro atoms. The number of nitrogens with zero attached hydrogens (tertiary/aromatic N) is 1. The van der Waals surface area contributed by atoms with Gasteiger partial charge in [-0.15, -0.1) is 0 Å². The Morgan fingerprint density at radius 3 is 2.45 bits per heavy atom. The zero-order valence-corrected chi connectivity index (χ0v) is 23.4. The van der Waals surface area contributed by atoms with Crippen molar-refractivity contribution in [3.8, 4) is 5.75 Å². The van der Waals surface area contributed by atoms with Crippen LogP contribution >= 0.6 is 27.5 Å². The summed E-state index contributed by atoms with van der Waals surface area (Å²) in [5, 5.41) is 3.52. The third kappa shape index (κ3) is 7.81. The molecule has 8 heteroatoms. The summed E-state index contributed by atoms with van der Waals surface area (Å²) in [6.07, 6.45) is 5.40. The number of hydrogen-bond donors (Lipinski definition) is 1. The van der Waals surface area contributed by atoms with Gasteiger partial charge in [0.2, 0.25) is 5.91 Å². The molecule has 0 saturated heterocycles. The number of rotatable bonds is 10. The molecule has 0 heterocycles. The third-order valence-electron chi connectivity index (χ3n) is 6.77. The van der Waals surface area contributed by atoms with E-state index in [4.69, 9.17) is 16.3 Å². The number of ether oxygens (including phenoxy) is 1. The number of halogens is 3. The maximum atomic E-state index is 14.7. The molecule has 1 aliphatic rings. The number of benzene rings is 3. The number of amides is 2. The van der Waals surface area contributed by atoms with Gasteiger partial charge in [0.15, 0.2) is 6.61 Å². The van der Waals surface area contributed by atoms with E-state index in [2.05, 4.69) is 21.2 Å². The van der Waals surface area contributed by atoms with Crippen molar-refractivity contribution in [1.29, 1.82) is 0 Å². The molecule has 1 saturated carbocycles. The third-order valence-corrected chi connectivity index (χ3v) is 7.55. The summed E-state index contributed by atoms with van der Waals surface area (Å²) >= 11 is 9.63. The topological polar surface area (TPSA) is 58.6 Å². The van der Waals surface area contributed by atoms with Crippen molar-refractivity contribution in [2.24, 2.45) is 0 Å². The van der Waals surface area contributed by atoms with Crippen LogP contribution in [-0.2, 0) is 22.6 Å². The molecule has 3 aromatic carbocycles. The molecule has 1 fully saturated rings. The van der Waals surface area contributed by atoms with E-state index in [0.29, 0.717) is 22.8 Å². The first-order valence-corrected chi connectivity index (χ1v) is 14.0. The van der Waals surface area contributed by atoms with E-state index < -0.39 is 17.8 Å². The van der Waals surface area contributed by atoms with Crippen molar-refractivity contribution in [2.45, 2.75) is 57.2 Å². The molecule has 4 rings (SSSR count). The fraction of sp³-hybridized carbons (Fsp3) is 0.333. The quantitative estimate of drug-likeness (QED) is 0.281. The molecule has 0 aromatic heterocycles. The van der Waals surface area contributed by atoms with E-state index in [1.807, 2.05) is 30.3 Å². The minimum Gasteiger partial charge on any atom is -0.482 e. The second-order valence-electron chi connectivity index (χ2n) is 9.53. The van der Waals surface area contributed by atoms with Gasteiger partial charge in [0, 0.05) is 29.0 Å². The summed E-state index contributed by atoms with van der Waals surface area (Å²) in [6, 6.07) is 20.1. The van der Waals surface area contributed by atoms with Crippen LogP contribution in [0.5, 0.6) is 5.75 Å². The molecule has 3 aromatic rings. The first-order valence-electron chi connectivity index (χ1n) is 12.9. The summed E-state index contributed by atoms with van der Waals surface area (Å²) in [7, 11) is 0. The van der Waals surface area contributed by atoms with Crippen LogP contribution in [0.25, 0.3) is 0 Å². The zero-order chi connectivity index (χ0) is 26.9. The van der Waals surface area contributed by atoms with Crippen LogP contribution in [0.1, 0.15) is 43.2 Å². The SMILES string of the molecule is O=C(NC1CCCCC1)[C@H](Cc1ccccc1)N(Cc1ccccc1F)C(=O)COc1ccc(Br)cc1Cl. The fourth-order valence-corrected chi connectivity index (χ4v) is 5.45. The van der Waals surface area contributed by atoms with Gasteiger partial charge in [-0.2, -0.15) is 0 Å². The fourth-order valence-electron chi connectivity index (χ4n) is 4.72. The van der Waals surface area contributed by atoms with Gasteiger partial charge in [0.1, 0.15) is 17.6 Å². The molecule has 0 unspecified atom stereocenters. The van der Waals surface area contributed by atoms with E-state index in [0.717, 1.165) is 42.1 Å². The monoisotopic (exact) mass is 600 g/mol. The number of nitrogens with one attached hydrogen (secondary N) is 1. The molecule has 1 N–H and O–H groups in total. The smallest absolute Gasteiger partial charge is 0.261 e. The van der Waals surface area contributed by atoms with Crippen LogP contribution in [0, 0.1) is 5.82 Å². The van der Waals surface area contributed by atoms with E-state index in [1.54, 1.807) is 36.4 Å². The Hall–Kier alpha value is -2.90. The van der Waals surface area contributed by atoms with Gasteiger partial charge in [-0.25, -0.2) is 4.39 Å². The average molecular weight is 602 g/mol.